The monoisotopic (exact) mass is 417 g/mol. The molecule has 1 aromatic heterocycles. The van der Waals surface area contributed by atoms with Gasteiger partial charge in [0, 0.05) is 24.4 Å². The van der Waals surface area contributed by atoms with Crippen molar-refractivity contribution in [1.82, 2.24) is 5.32 Å². The predicted octanol–water partition coefficient (Wildman–Crippen LogP) is 2.76. The second-order valence-electron chi connectivity index (χ2n) is 4.44. The largest absolute Gasteiger partial charge is 0.508 e. The number of aliphatic imine (C=N–C) groups is 1. The van der Waals surface area contributed by atoms with Crippen LogP contribution in [0.5, 0.6) is 5.75 Å². The third-order valence-corrected chi connectivity index (χ3v) is 3.79. The highest BCUT2D eigenvalue weighted by Gasteiger charge is 1.97. The maximum absolute atomic E-state index is 9.36. The van der Waals surface area contributed by atoms with Crippen molar-refractivity contribution in [1.29, 1.82) is 0 Å². The Morgan fingerprint density at radius 2 is 2.10 bits per heavy atom. The third-order valence-electron chi connectivity index (χ3n) is 2.85. The molecule has 0 saturated carbocycles. The van der Waals surface area contributed by atoms with Crippen LogP contribution in [0.1, 0.15) is 10.4 Å². The maximum Gasteiger partial charge on any atom is 0.188 e. The molecule has 2 rings (SSSR count). The summed E-state index contributed by atoms with van der Waals surface area (Å²) in [6.45, 7) is 1.41. The van der Waals surface area contributed by atoms with E-state index in [9.17, 15) is 5.11 Å². The average molecular weight is 417 g/mol. The summed E-state index contributed by atoms with van der Waals surface area (Å²) < 4.78 is 0. The quantitative estimate of drug-likeness (QED) is 0.385. The lowest BCUT2D eigenvalue weighted by Gasteiger charge is -2.06. The number of benzene rings is 1. The number of guanidine groups is 1. The molecule has 0 amide bonds. The lowest BCUT2D eigenvalue weighted by atomic mass is 10.1. The van der Waals surface area contributed by atoms with E-state index in [4.69, 9.17) is 5.73 Å². The normalized spacial score (nSPS) is 11.0. The molecule has 21 heavy (non-hydrogen) atoms. The van der Waals surface area contributed by atoms with Gasteiger partial charge in [0.25, 0.3) is 0 Å². The fourth-order valence-corrected chi connectivity index (χ4v) is 2.54. The van der Waals surface area contributed by atoms with Crippen LogP contribution >= 0.6 is 35.3 Å². The van der Waals surface area contributed by atoms with E-state index >= 15 is 0 Å². The molecule has 4 nitrogen and oxygen atoms in total. The van der Waals surface area contributed by atoms with Crippen molar-refractivity contribution in [3.8, 4) is 5.75 Å². The zero-order valence-corrected chi connectivity index (χ0v) is 14.8. The van der Waals surface area contributed by atoms with E-state index in [0.717, 1.165) is 18.4 Å². The molecule has 0 bridgehead atoms. The lowest BCUT2D eigenvalue weighted by Crippen LogP contribution is -2.33. The first-order valence-electron chi connectivity index (χ1n) is 6.58. The Labute approximate surface area is 146 Å². The van der Waals surface area contributed by atoms with Crippen LogP contribution in [-0.2, 0) is 12.8 Å². The predicted molar refractivity (Wildman–Crippen MR) is 99.7 cm³/mol. The van der Waals surface area contributed by atoms with Crippen LogP contribution in [0.2, 0.25) is 0 Å². The number of nitrogens with two attached hydrogens (primary N) is 1. The summed E-state index contributed by atoms with van der Waals surface area (Å²) in [5.41, 5.74) is 6.87. The van der Waals surface area contributed by atoms with Crippen molar-refractivity contribution in [2.24, 2.45) is 10.7 Å². The summed E-state index contributed by atoms with van der Waals surface area (Å²) in [5, 5.41) is 14.5. The van der Waals surface area contributed by atoms with Gasteiger partial charge in [-0.1, -0.05) is 18.2 Å². The average Bonchev–Trinajstić information content (AvgIpc) is 2.92. The van der Waals surface area contributed by atoms with Gasteiger partial charge in [-0.3, -0.25) is 4.99 Å². The Kier molecular flexibility index (Phi) is 8.14. The molecule has 2 aromatic rings. The summed E-state index contributed by atoms with van der Waals surface area (Å²) >= 11 is 1.74. The number of phenolic OH excluding ortho intramolecular Hbond substituents is 1. The van der Waals surface area contributed by atoms with Crippen LogP contribution in [0.25, 0.3) is 0 Å². The van der Waals surface area contributed by atoms with Gasteiger partial charge in [-0.15, -0.1) is 35.3 Å². The van der Waals surface area contributed by atoms with E-state index in [2.05, 4.69) is 21.8 Å². The van der Waals surface area contributed by atoms with Gasteiger partial charge in [-0.25, -0.2) is 0 Å². The standard InChI is InChI=1S/C15H19N3OS.HI/c16-15(18-9-7-14-5-2-10-20-14)17-8-6-12-3-1-4-13(19)11-12;/h1-5,10-11,19H,6-9H2,(H3,16,17,18);1H. The van der Waals surface area contributed by atoms with E-state index in [1.165, 1.54) is 4.88 Å². The fraction of sp³-hybridized carbons (Fsp3) is 0.267. The van der Waals surface area contributed by atoms with Crippen LogP contribution in [0.4, 0.5) is 0 Å². The molecule has 0 aliphatic carbocycles. The lowest BCUT2D eigenvalue weighted by molar-refractivity contribution is 0.474. The molecule has 0 aliphatic rings. The number of phenols is 1. The minimum absolute atomic E-state index is 0. The molecule has 0 fully saturated rings. The van der Waals surface area contributed by atoms with E-state index in [-0.39, 0.29) is 24.0 Å². The highest BCUT2D eigenvalue weighted by atomic mass is 127. The first-order chi connectivity index (χ1) is 9.74. The smallest absolute Gasteiger partial charge is 0.188 e. The molecular weight excluding hydrogens is 397 g/mol. The number of rotatable bonds is 6. The van der Waals surface area contributed by atoms with Crippen molar-refractivity contribution < 1.29 is 5.11 Å². The molecule has 0 spiro atoms. The third kappa shape index (κ3) is 6.81. The van der Waals surface area contributed by atoms with E-state index < -0.39 is 0 Å². The highest BCUT2D eigenvalue weighted by Crippen LogP contribution is 2.11. The summed E-state index contributed by atoms with van der Waals surface area (Å²) in [5.74, 6) is 0.766. The van der Waals surface area contributed by atoms with Crippen molar-refractivity contribution in [3.63, 3.8) is 0 Å². The number of aromatic hydroxyl groups is 1. The number of halogens is 1. The van der Waals surface area contributed by atoms with Gasteiger partial charge in [-0.2, -0.15) is 0 Å². The van der Waals surface area contributed by atoms with Crippen LogP contribution < -0.4 is 11.1 Å². The summed E-state index contributed by atoms with van der Waals surface area (Å²) in [4.78, 5) is 5.61. The minimum atomic E-state index is 0. The van der Waals surface area contributed by atoms with Crippen molar-refractivity contribution >= 4 is 41.3 Å². The fourth-order valence-electron chi connectivity index (χ4n) is 1.84. The minimum Gasteiger partial charge on any atom is -0.508 e. The van der Waals surface area contributed by atoms with Gasteiger partial charge in [-0.05, 0) is 35.6 Å². The Balaban J connectivity index is 0.00000220. The molecule has 0 unspecified atom stereocenters. The zero-order valence-electron chi connectivity index (χ0n) is 11.7. The van der Waals surface area contributed by atoms with Gasteiger partial charge in [0.2, 0.25) is 0 Å². The number of hydrogen-bond acceptors (Lipinski definition) is 3. The molecule has 6 heteroatoms. The SMILES string of the molecule is I.NC(=NCCc1cccs1)NCCc1cccc(O)c1. The number of nitrogens with one attached hydrogen (secondary N) is 1. The second-order valence-corrected chi connectivity index (χ2v) is 5.48. The van der Waals surface area contributed by atoms with E-state index in [1.807, 2.05) is 18.2 Å². The van der Waals surface area contributed by atoms with Crippen LogP contribution in [0.15, 0.2) is 46.8 Å². The van der Waals surface area contributed by atoms with Gasteiger partial charge < -0.3 is 16.2 Å². The Hall–Kier alpha value is -1.28. The van der Waals surface area contributed by atoms with Gasteiger partial charge >= 0.3 is 0 Å². The second kappa shape index (κ2) is 9.62. The molecule has 0 aliphatic heterocycles. The number of thiophene rings is 1. The van der Waals surface area contributed by atoms with Crippen molar-refractivity contribution in [2.75, 3.05) is 13.1 Å². The first-order valence-corrected chi connectivity index (χ1v) is 7.46. The first kappa shape index (κ1) is 17.8. The highest BCUT2D eigenvalue weighted by molar-refractivity contribution is 14.0. The van der Waals surface area contributed by atoms with Gasteiger partial charge in [0.15, 0.2) is 5.96 Å². The topological polar surface area (TPSA) is 70.6 Å². The zero-order chi connectivity index (χ0) is 14.2. The van der Waals surface area contributed by atoms with Crippen molar-refractivity contribution in [2.45, 2.75) is 12.8 Å². The van der Waals surface area contributed by atoms with Gasteiger partial charge in [0.05, 0.1) is 0 Å². The molecule has 4 N–H and O–H groups in total. The Bertz CT molecular complexity index is 558. The molecular formula is C15H20IN3OS. The number of hydrogen-bond donors (Lipinski definition) is 3. The summed E-state index contributed by atoms with van der Waals surface area (Å²) in [7, 11) is 0. The van der Waals surface area contributed by atoms with Gasteiger partial charge in [0.1, 0.15) is 5.75 Å². The van der Waals surface area contributed by atoms with E-state index in [0.29, 0.717) is 24.8 Å². The molecule has 114 valence electrons. The molecule has 1 heterocycles. The Morgan fingerprint density at radius 3 is 2.81 bits per heavy atom. The van der Waals surface area contributed by atoms with Crippen molar-refractivity contribution in [3.05, 3.63) is 52.2 Å². The maximum atomic E-state index is 9.36. The molecule has 0 saturated heterocycles. The number of nitrogens with zero attached hydrogens (tertiary/aromatic N) is 1. The Morgan fingerprint density at radius 1 is 1.24 bits per heavy atom. The molecule has 0 radical (unpaired) electrons. The summed E-state index contributed by atoms with van der Waals surface area (Å²) in [6.07, 6.45) is 1.72. The molecule has 1 aromatic carbocycles. The van der Waals surface area contributed by atoms with Crippen LogP contribution in [0, 0.1) is 0 Å². The summed E-state index contributed by atoms with van der Waals surface area (Å²) in [6, 6.07) is 11.4. The molecule has 0 atom stereocenters. The van der Waals surface area contributed by atoms with Crippen LogP contribution in [-0.4, -0.2) is 24.2 Å². The van der Waals surface area contributed by atoms with Crippen LogP contribution in [0.3, 0.4) is 0 Å². The van der Waals surface area contributed by atoms with E-state index in [1.54, 1.807) is 23.5 Å².